The Kier molecular flexibility index (Phi) is 2.37. The molecule has 0 bridgehead atoms. The summed E-state index contributed by atoms with van der Waals surface area (Å²) < 4.78 is 10.7. The van der Waals surface area contributed by atoms with E-state index in [1.807, 2.05) is 30.3 Å². The van der Waals surface area contributed by atoms with E-state index in [1.54, 1.807) is 12.1 Å². The minimum absolute atomic E-state index is 0.223. The summed E-state index contributed by atoms with van der Waals surface area (Å²) in [5.41, 5.74) is 1.91. The lowest BCUT2D eigenvalue weighted by molar-refractivity contribution is 0.173. The van der Waals surface area contributed by atoms with Crippen LogP contribution in [0.25, 0.3) is 0 Å². The molecule has 0 aliphatic carbocycles. The van der Waals surface area contributed by atoms with Gasteiger partial charge < -0.3 is 14.6 Å². The maximum atomic E-state index is 9.90. The van der Waals surface area contributed by atoms with Crippen molar-refractivity contribution in [3.63, 3.8) is 0 Å². The monoisotopic (exact) mass is 228 g/mol. The molecular formula is C14H12O3. The molecule has 0 amide bonds. The van der Waals surface area contributed by atoms with Crippen molar-refractivity contribution in [3.8, 4) is 17.2 Å². The van der Waals surface area contributed by atoms with Crippen molar-refractivity contribution in [1.29, 1.82) is 0 Å². The Morgan fingerprint density at radius 1 is 1.00 bits per heavy atom. The Hall–Kier alpha value is -2.16. The standard InChI is InChI=1S/C14H12O3/c15-12-6-7-13-14(17-9-16-13)11(12)8-10-4-2-1-3-5-10/h1-7,15H,8-9H2. The summed E-state index contributed by atoms with van der Waals surface area (Å²) in [6.45, 7) is 0.223. The molecule has 86 valence electrons. The van der Waals surface area contributed by atoms with E-state index in [9.17, 15) is 5.11 Å². The lowest BCUT2D eigenvalue weighted by Crippen LogP contribution is -1.95. The van der Waals surface area contributed by atoms with E-state index < -0.39 is 0 Å². The summed E-state index contributed by atoms with van der Waals surface area (Å²) in [6.07, 6.45) is 0.638. The maximum Gasteiger partial charge on any atom is 0.231 e. The van der Waals surface area contributed by atoms with Crippen LogP contribution in [0, 0.1) is 0 Å². The number of hydrogen-bond acceptors (Lipinski definition) is 3. The van der Waals surface area contributed by atoms with Crippen LogP contribution in [0.5, 0.6) is 17.2 Å². The number of hydrogen-bond donors (Lipinski definition) is 1. The predicted octanol–water partition coefficient (Wildman–Crippen LogP) is 2.71. The van der Waals surface area contributed by atoms with Crippen LogP contribution in [-0.2, 0) is 6.42 Å². The first-order valence-electron chi connectivity index (χ1n) is 5.49. The van der Waals surface area contributed by atoms with Crippen molar-refractivity contribution in [2.24, 2.45) is 0 Å². The molecule has 0 fully saturated rings. The predicted molar refractivity (Wildman–Crippen MR) is 63.5 cm³/mol. The van der Waals surface area contributed by atoms with Gasteiger partial charge in [0.15, 0.2) is 11.5 Å². The van der Waals surface area contributed by atoms with Crippen molar-refractivity contribution in [2.45, 2.75) is 6.42 Å². The molecule has 2 aromatic carbocycles. The largest absolute Gasteiger partial charge is 0.508 e. The molecule has 17 heavy (non-hydrogen) atoms. The van der Waals surface area contributed by atoms with Gasteiger partial charge in [-0.2, -0.15) is 0 Å². The third kappa shape index (κ3) is 1.80. The van der Waals surface area contributed by atoms with E-state index in [2.05, 4.69) is 0 Å². The molecule has 2 aromatic rings. The molecule has 0 atom stereocenters. The number of benzene rings is 2. The second-order valence-corrected chi connectivity index (χ2v) is 3.96. The number of fused-ring (bicyclic) bond motifs is 1. The van der Waals surface area contributed by atoms with Gasteiger partial charge in [0.1, 0.15) is 5.75 Å². The van der Waals surface area contributed by atoms with Crippen molar-refractivity contribution in [2.75, 3.05) is 6.79 Å². The lowest BCUT2D eigenvalue weighted by atomic mass is 10.0. The van der Waals surface area contributed by atoms with Crippen LogP contribution in [-0.4, -0.2) is 11.9 Å². The van der Waals surface area contributed by atoms with Gasteiger partial charge in [0.2, 0.25) is 6.79 Å². The number of aromatic hydroxyl groups is 1. The third-order valence-corrected chi connectivity index (χ3v) is 2.84. The van der Waals surface area contributed by atoms with Crippen molar-refractivity contribution in [3.05, 3.63) is 53.6 Å². The summed E-state index contributed by atoms with van der Waals surface area (Å²) in [5.74, 6) is 1.61. The maximum absolute atomic E-state index is 9.90. The molecule has 1 aliphatic heterocycles. The Labute approximate surface area is 99.2 Å². The molecule has 3 rings (SSSR count). The van der Waals surface area contributed by atoms with Crippen LogP contribution in [0.3, 0.4) is 0 Å². The van der Waals surface area contributed by atoms with E-state index in [0.29, 0.717) is 17.9 Å². The summed E-state index contributed by atoms with van der Waals surface area (Å²) in [4.78, 5) is 0. The Bertz CT molecular complexity index is 535. The molecule has 3 heteroatoms. The highest BCUT2D eigenvalue weighted by Crippen LogP contribution is 2.41. The van der Waals surface area contributed by atoms with E-state index in [-0.39, 0.29) is 12.5 Å². The molecule has 0 unspecified atom stereocenters. The highest BCUT2D eigenvalue weighted by molar-refractivity contribution is 5.55. The first-order valence-corrected chi connectivity index (χ1v) is 5.49. The van der Waals surface area contributed by atoms with Gasteiger partial charge in [-0.3, -0.25) is 0 Å². The first-order chi connectivity index (χ1) is 8.34. The number of phenols is 1. The fourth-order valence-corrected chi connectivity index (χ4v) is 1.99. The molecule has 0 saturated carbocycles. The Morgan fingerprint density at radius 2 is 1.82 bits per heavy atom. The van der Waals surface area contributed by atoms with Gasteiger partial charge in [-0.05, 0) is 17.7 Å². The molecule has 1 heterocycles. The average molecular weight is 228 g/mol. The first kappa shape index (κ1) is 10.0. The van der Waals surface area contributed by atoms with Gasteiger partial charge in [0.05, 0.1) is 0 Å². The van der Waals surface area contributed by atoms with Gasteiger partial charge in [-0.15, -0.1) is 0 Å². The van der Waals surface area contributed by atoms with Crippen LogP contribution in [0.2, 0.25) is 0 Å². The van der Waals surface area contributed by atoms with Crippen LogP contribution in [0.1, 0.15) is 11.1 Å². The minimum atomic E-state index is 0.223. The fraction of sp³-hybridized carbons (Fsp3) is 0.143. The van der Waals surface area contributed by atoms with E-state index in [0.717, 1.165) is 11.1 Å². The van der Waals surface area contributed by atoms with Crippen molar-refractivity contribution in [1.82, 2.24) is 0 Å². The van der Waals surface area contributed by atoms with Gasteiger partial charge >= 0.3 is 0 Å². The normalized spacial score (nSPS) is 12.7. The number of phenolic OH excluding ortho intramolecular Hbond substituents is 1. The lowest BCUT2D eigenvalue weighted by Gasteiger charge is -2.08. The number of rotatable bonds is 2. The van der Waals surface area contributed by atoms with Crippen LogP contribution < -0.4 is 9.47 Å². The zero-order valence-corrected chi connectivity index (χ0v) is 9.22. The van der Waals surface area contributed by atoms with Crippen molar-refractivity contribution >= 4 is 0 Å². The number of ether oxygens (including phenoxy) is 2. The SMILES string of the molecule is Oc1ccc2c(c1Cc1ccccc1)OCO2. The van der Waals surface area contributed by atoms with E-state index in [4.69, 9.17) is 9.47 Å². The highest BCUT2D eigenvalue weighted by Gasteiger charge is 2.20. The van der Waals surface area contributed by atoms with Crippen molar-refractivity contribution < 1.29 is 14.6 Å². The zero-order valence-electron chi connectivity index (χ0n) is 9.22. The molecule has 1 aliphatic rings. The molecule has 0 saturated heterocycles. The van der Waals surface area contributed by atoms with Crippen LogP contribution in [0.15, 0.2) is 42.5 Å². The molecule has 3 nitrogen and oxygen atoms in total. The Balaban J connectivity index is 2.01. The second kappa shape index (κ2) is 4.01. The van der Waals surface area contributed by atoms with Crippen LogP contribution >= 0.6 is 0 Å². The molecular weight excluding hydrogens is 216 g/mol. The van der Waals surface area contributed by atoms with Gasteiger partial charge in [-0.25, -0.2) is 0 Å². The van der Waals surface area contributed by atoms with E-state index >= 15 is 0 Å². The summed E-state index contributed by atoms with van der Waals surface area (Å²) in [7, 11) is 0. The molecule has 1 N–H and O–H groups in total. The summed E-state index contributed by atoms with van der Waals surface area (Å²) in [5, 5.41) is 9.90. The second-order valence-electron chi connectivity index (χ2n) is 3.96. The fourth-order valence-electron chi connectivity index (χ4n) is 1.99. The van der Waals surface area contributed by atoms with Gasteiger partial charge in [0.25, 0.3) is 0 Å². The third-order valence-electron chi connectivity index (χ3n) is 2.84. The summed E-state index contributed by atoms with van der Waals surface area (Å²) >= 11 is 0. The minimum Gasteiger partial charge on any atom is -0.508 e. The average Bonchev–Trinajstić information content (AvgIpc) is 2.83. The summed E-state index contributed by atoms with van der Waals surface area (Å²) in [6, 6.07) is 13.3. The smallest absolute Gasteiger partial charge is 0.231 e. The zero-order chi connectivity index (χ0) is 11.7. The highest BCUT2D eigenvalue weighted by atomic mass is 16.7. The Morgan fingerprint density at radius 3 is 2.65 bits per heavy atom. The molecule has 0 spiro atoms. The van der Waals surface area contributed by atoms with Gasteiger partial charge in [-0.1, -0.05) is 30.3 Å². The molecule has 0 aromatic heterocycles. The molecule has 0 radical (unpaired) electrons. The van der Waals surface area contributed by atoms with E-state index in [1.165, 1.54) is 0 Å². The van der Waals surface area contributed by atoms with Crippen LogP contribution in [0.4, 0.5) is 0 Å². The topological polar surface area (TPSA) is 38.7 Å². The van der Waals surface area contributed by atoms with Gasteiger partial charge in [0, 0.05) is 12.0 Å². The quantitative estimate of drug-likeness (QED) is 0.858.